The summed E-state index contributed by atoms with van der Waals surface area (Å²) < 4.78 is 17.8. The van der Waals surface area contributed by atoms with Crippen LogP contribution in [0, 0.1) is 0 Å². The van der Waals surface area contributed by atoms with Gasteiger partial charge in [0, 0.05) is 6.07 Å². The van der Waals surface area contributed by atoms with Crippen molar-refractivity contribution in [2.24, 2.45) is 0 Å². The third-order valence-corrected chi connectivity index (χ3v) is 1.64. The van der Waals surface area contributed by atoms with Crippen LogP contribution in [-0.2, 0) is 4.79 Å². The minimum atomic E-state index is -1.55. The van der Waals surface area contributed by atoms with Gasteiger partial charge >= 0.3 is 5.97 Å². The van der Waals surface area contributed by atoms with Crippen molar-refractivity contribution in [2.75, 3.05) is 6.61 Å². The molecule has 0 bridgehead atoms. The lowest BCUT2D eigenvalue weighted by Gasteiger charge is -2.08. The fraction of sp³-hybridized carbons (Fsp3) is 0.300. The molecule has 0 aliphatic carbocycles. The summed E-state index contributed by atoms with van der Waals surface area (Å²) in [5, 5.41) is 17.3. The first kappa shape index (κ1) is 11.3. The van der Waals surface area contributed by atoms with Crippen LogP contribution >= 0.6 is 0 Å². The van der Waals surface area contributed by atoms with Gasteiger partial charge in [0.15, 0.2) is 0 Å². The highest BCUT2D eigenvalue weighted by atomic mass is 19.1. The molecule has 1 rings (SSSR count). The lowest BCUT2D eigenvalue weighted by atomic mass is 10.3. The predicted octanol–water partition coefficient (Wildman–Crippen LogP) is 1.58. The second-order valence-corrected chi connectivity index (χ2v) is 3.00. The normalized spacial score (nSPS) is 12.1. The molecule has 0 radical (unpaired) electrons. The van der Waals surface area contributed by atoms with Crippen molar-refractivity contribution in [3.63, 3.8) is 0 Å². The summed E-state index contributed by atoms with van der Waals surface area (Å²) in [6.45, 7) is -0.338. The van der Waals surface area contributed by atoms with Crippen molar-refractivity contribution in [2.45, 2.75) is 12.6 Å². The highest BCUT2D eigenvalue weighted by molar-refractivity contribution is 5.67. The first-order valence-corrected chi connectivity index (χ1v) is 4.35. The second-order valence-electron chi connectivity index (χ2n) is 3.00. The van der Waals surface area contributed by atoms with Crippen LogP contribution in [0.15, 0.2) is 24.3 Å². The van der Waals surface area contributed by atoms with Crippen molar-refractivity contribution in [1.29, 1.82) is 0 Å². The summed E-state index contributed by atoms with van der Waals surface area (Å²) in [5.41, 5.74) is 0. The fourth-order valence-corrected chi connectivity index (χ4v) is 1.01. The monoisotopic (exact) mass is 214 g/mol. The van der Waals surface area contributed by atoms with E-state index in [0.29, 0.717) is 5.75 Å². The zero-order valence-corrected chi connectivity index (χ0v) is 7.89. The van der Waals surface area contributed by atoms with E-state index >= 15 is 0 Å². The molecule has 0 aliphatic rings. The Morgan fingerprint density at radius 3 is 2.87 bits per heavy atom. The largest absolute Gasteiger partial charge is 0.508 e. The topological polar surface area (TPSA) is 66.8 Å². The van der Waals surface area contributed by atoms with Crippen molar-refractivity contribution < 1.29 is 24.1 Å². The molecule has 1 aromatic carbocycles. The van der Waals surface area contributed by atoms with Crippen LogP contribution in [0.3, 0.4) is 0 Å². The Balaban J connectivity index is 2.40. The van der Waals surface area contributed by atoms with Crippen LogP contribution in [0.1, 0.15) is 6.42 Å². The maximum Gasteiger partial charge on any atom is 0.306 e. The van der Waals surface area contributed by atoms with Crippen LogP contribution in [0.25, 0.3) is 0 Å². The quantitative estimate of drug-likeness (QED) is 0.780. The minimum absolute atomic E-state index is 0.0149. The molecule has 15 heavy (non-hydrogen) atoms. The molecule has 0 spiro atoms. The number of carboxylic acid groups (broad SMARTS) is 1. The van der Waals surface area contributed by atoms with Gasteiger partial charge < -0.3 is 14.9 Å². The molecule has 0 heterocycles. The van der Waals surface area contributed by atoms with E-state index in [2.05, 4.69) is 0 Å². The molecule has 82 valence electrons. The van der Waals surface area contributed by atoms with Gasteiger partial charge in [-0.25, -0.2) is 4.39 Å². The van der Waals surface area contributed by atoms with Crippen molar-refractivity contribution in [1.82, 2.24) is 0 Å². The zero-order chi connectivity index (χ0) is 11.3. The molecule has 1 aromatic rings. The smallest absolute Gasteiger partial charge is 0.306 e. The van der Waals surface area contributed by atoms with E-state index in [0.717, 1.165) is 0 Å². The molecule has 0 saturated carbocycles. The Morgan fingerprint density at radius 2 is 2.27 bits per heavy atom. The average Bonchev–Trinajstić information content (AvgIpc) is 2.14. The maximum atomic E-state index is 12.9. The van der Waals surface area contributed by atoms with Crippen molar-refractivity contribution >= 4 is 5.97 Å². The summed E-state index contributed by atoms with van der Waals surface area (Å²) in [6, 6.07) is 5.88. The van der Waals surface area contributed by atoms with Gasteiger partial charge in [0.05, 0.1) is 6.42 Å². The summed E-state index contributed by atoms with van der Waals surface area (Å²) in [4.78, 5) is 10.1. The molecule has 0 aliphatic heterocycles. The Labute approximate surface area is 85.9 Å². The van der Waals surface area contributed by atoms with Gasteiger partial charge in [-0.3, -0.25) is 4.79 Å². The Morgan fingerprint density at radius 1 is 1.53 bits per heavy atom. The highest BCUT2D eigenvalue weighted by Crippen LogP contribution is 2.18. The van der Waals surface area contributed by atoms with Gasteiger partial charge in [-0.15, -0.1) is 0 Å². The zero-order valence-electron chi connectivity index (χ0n) is 7.89. The molecule has 2 N–H and O–H groups in total. The third kappa shape index (κ3) is 4.30. The van der Waals surface area contributed by atoms with Crippen LogP contribution < -0.4 is 4.74 Å². The van der Waals surface area contributed by atoms with Crippen LogP contribution in [0.5, 0.6) is 11.5 Å². The maximum absolute atomic E-state index is 12.9. The molecule has 4 nitrogen and oxygen atoms in total. The summed E-state index contributed by atoms with van der Waals surface area (Å²) in [5.74, 6) is -0.883. The minimum Gasteiger partial charge on any atom is -0.508 e. The van der Waals surface area contributed by atoms with Gasteiger partial charge in [0.25, 0.3) is 0 Å². The SMILES string of the molecule is O=C(O)CC(F)COc1cccc(O)c1. The van der Waals surface area contributed by atoms with E-state index in [1.165, 1.54) is 12.1 Å². The number of phenolic OH excluding ortho intramolecular Hbond substituents is 1. The number of rotatable bonds is 5. The summed E-state index contributed by atoms with van der Waals surface area (Å²) in [6.07, 6.45) is -2.14. The number of benzene rings is 1. The Hall–Kier alpha value is -1.78. The molecule has 1 unspecified atom stereocenters. The molecular formula is C10H11FO4. The lowest BCUT2D eigenvalue weighted by molar-refractivity contribution is -0.138. The Bertz CT molecular complexity index is 340. The van der Waals surface area contributed by atoms with E-state index in [9.17, 15) is 9.18 Å². The number of carbonyl (C=O) groups is 1. The number of aromatic hydroxyl groups is 1. The van der Waals surface area contributed by atoms with Gasteiger partial charge in [0.1, 0.15) is 24.3 Å². The average molecular weight is 214 g/mol. The Kier molecular flexibility index (Phi) is 3.91. The van der Waals surface area contributed by atoms with Crippen LogP contribution in [0.2, 0.25) is 0 Å². The molecule has 5 heteroatoms. The van der Waals surface area contributed by atoms with E-state index < -0.39 is 18.6 Å². The van der Waals surface area contributed by atoms with E-state index in [1.54, 1.807) is 12.1 Å². The highest BCUT2D eigenvalue weighted by Gasteiger charge is 2.12. The lowest BCUT2D eigenvalue weighted by Crippen LogP contribution is -2.16. The molecule has 1 atom stereocenters. The molecule has 0 saturated heterocycles. The van der Waals surface area contributed by atoms with Crippen LogP contribution in [0.4, 0.5) is 4.39 Å². The summed E-state index contributed by atoms with van der Waals surface area (Å²) >= 11 is 0. The number of carboxylic acids is 1. The third-order valence-electron chi connectivity index (χ3n) is 1.64. The number of aliphatic carboxylic acids is 1. The number of hydrogen-bond acceptors (Lipinski definition) is 3. The summed E-state index contributed by atoms with van der Waals surface area (Å²) in [7, 11) is 0. The van der Waals surface area contributed by atoms with Crippen molar-refractivity contribution in [3.8, 4) is 11.5 Å². The van der Waals surface area contributed by atoms with Gasteiger partial charge in [-0.05, 0) is 12.1 Å². The van der Waals surface area contributed by atoms with Gasteiger partial charge in [0.2, 0.25) is 0 Å². The van der Waals surface area contributed by atoms with Gasteiger partial charge in [-0.1, -0.05) is 6.07 Å². The van der Waals surface area contributed by atoms with Crippen molar-refractivity contribution in [3.05, 3.63) is 24.3 Å². The van der Waals surface area contributed by atoms with E-state index in [4.69, 9.17) is 14.9 Å². The number of halogens is 1. The first-order chi connectivity index (χ1) is 7.08. The molecule has 0 fully saturated rings. The van der Waals surface area contributed by atoms with E-state index in [1.807, 2.05) is 0 Å². The molecule has 0 aromatic heterocycles. The van der Waals surface area contributed by atoms with Gasteiger partial charge in [-0.2, -0.15) is 0 Å². The second kappa shape index (κ2) is 5.19. The fourth-order valence-electron chi connectivity index (χ4n) is 1.01. The standard InChI is InChI=1S/C10H11FO4/c11-7(4-10(13)14)6-15-9-3-1-2-8(12)5-9/h1-3,5,7,12H,4,6H2,(H,13,14). The molecular weight excluding hydrogens is 203 g/mol. The number of phenols is 1. The predicted molar refractivity (Wildman–Crippen MR) is 50.8 cm³/mol. The first-order valence-electron chi connectivity index (χ1n) is 4.35. The number of hydrogen-bond donors (Lipinski definition) is 2. The molecule has 0 amide bonds. The number of alkyl halides is 1. The number of ether oxygens (including phenoxy) is 1. The van der Waals surface area contributed by atoms with Crippen LogP contribution in [-0.4, -0.2) is 29.0 Å². The van der Waals surface area contributed by atoms with E-state index in [-0.39, 0.29) is 12.4 Å².